The van der Waals surface area contributed by atoms with Gasteiger partial charge in [0.25, 0.3) is 15.9 Å². The SMILES string of the molecule is Cc1cc(C(=O)N(C)[C@@H]2CCCC[C@@H]2O)ccc1N(C)S(=O)(=O)c1ccccc1. The van der Waals surface area contributed by atoms with Gasteiger partial charge in [0.1, 0.15) is 0 Å². The van der Waals surface area contributed by atoms with Gasteiger partial charge in [-0.3, -0.25) is 9.10 Å². The lowest BCUT2D eigenvalue weighted by Gasteiger charge is -2.35. The lowest BCUT2D eigenvalue weighted by molar-refractivity contribution is 0.0268. The van der Waals surface area contributed by atoms with Crippen molar-refractivity contribution < 1.29 is 18.3 Å². The molecule has 0 aliphatic heterocycles. The van der Waals surface area contributed by atoms with Crippen LogP contribution in [0.4, 0.5) is 5.69 Å². The van der Waals surface area contributed by atoms with E-state index in [1.807, 2.05) is 0 Å². The highest BCUT2D eigenvalue weighted by molar-refractivity contribution is 7.92. The third-order valence-electron chi connectivity index (χ3n) is 5.70. The molecule has 1 N–H and O–H groups in total. The lowest BCUT2D eigenvalue weighted by Crippen LogP contribution is -2.46. The lowest BCUT2D eigenvalue weighted by atomic mass is 9.91. The Morgan fingerprint density at radius 3 is 2.31 bits per heavy atom. The minimum Gasteiger partial charge on any atom is -0.391 e. The number of sulfonamides is 1. The van der Waals surface area contributed by atoms with E-state index in [0.717, 1.165) is 19.3 Å². The van der Waals surface area contributed by atoms with Crippen LogP contribution >= 0.6 is 0 Å². The Kier molecular flexibility index (Phi) is 6.29. The van der Waals surface area contributed by atoms with Crippen molar-refractivity contribution >= 4 is 21.6 Å². The minimum absolute atomic E-state index is 0.167. The highest BCUT2D eigenvalue weighted by Crippen LogP contribution is 2.28. The number of benzene rings is 2. The number of carbonyl (C=O) groups excluding carboxylic acids is 1. The van der Waals surface area contributed by atoms with E-state index in [1.165, 1.54) is 11.4 Å². The van der Waals surface area contributed by atoms with Crippen LogP contribution in [0.2, 0.25) is 0 Å². The van der Waals surface area contributed by atoms with Crippen molar-refractivity contribution in [3.8, 4) is 0 Å². The summed E-state index contributed by atoms with van der Waals surface area (Å²) >= 11 is 0. The van der Waals surface area contributed by atoms with Crippen LogP contribution in [0.3, 0.4) is 0 Å². The molecule has 2 aromatic rings. The first kappa shape index (κ1) is 21.3. The van der Waals surface area contributed by atoms with Crippen LogP contribution in [0.15, 0.2) is 53.4 Å². The Morgan fingerprint density at radius 1 is 1.03 bits per heavy atom. The largest absolute Gasteiger partial charge is 0.391 e. The van der Waals surface area contributed by atoms with Gasteiger partial charge in [0.2, 0.25) is 0 Å². The number of hydrogen-bond donors (Lipinski definition) is 1. The standard InChI is InChI=1S/C22H28N2O4S/c1-16-15-17(22(26)23(2)20-11-7-8-12-21(20)25)13-14-19(16)24(3)29(27,28)18-9-5-4-6-10-18/h4-6,9-10,13-15,20-21,25H,7-8,11-12H2,1-3H3/t20-,21+/m1/s1. The summed E-state index contributed by atoms with van der Waals surface area (Å²) in [7, 11) is -0.454. The fourth-order valence-electron chi connectivity index (χ4n) is 3.92. The first-order valence-corrected chi connectivity index (χ1v) is 11.3. The molecule has 1 saturated carbocycles. The second kappa shape index (κ2) is 8.55. The van der Waals surface area contributed by atoms with E-state index < -0.39 is 16.1 Å². The third-order valence-corrected chi connectivity index (χ3v) is 7.48. The van der Waals surface area contributed by atoms with E-state index in [1.54, 1.807) is 67.4 Å². The van der Waals surface area contributed by atoms with Gasteiger partial charge in [0.05, 0.1) is 22.7 Å². The predicted molar refractivity (Wildman–Crippen MR) is 114 cm³/mol. The van der Waals surface area contributed by atoms with Crippen LogP contribution in [0.25, 0.3) is 0 Å². The van der Waals surface area contributed by atoms with Gasteiger partial charge in [-0.15, -0.1) is 0 Å². The van der Waals surface area contributed by atoms with E-state index in [0.29, 0.717) is 23.2 Å². The van der Waals surface area contributed by atoms with Crippen LogP contribution in [0, 0.1) is 6.92 Å². The fourth-order valence-corrected chi connectivity index (χ4v) is 5.20. The van der Waals surface area contributed by atoms with Gasteiger partial charge in [0, 0.05) is 19.7 Å². The molecule has 0 heterocycles. The van der Waals surface area contributed by atoms with E-state index in [2.05, 4.69) is 0 Å². The molecule has 3 rings (SSSR count). The van der Waals surface area contributed by atoms with Gasteiger partial charge < -0.3 is 10.0 Å². The molecular weight excluding hydrogens is 388 g/mol. The number of aryl methyl sites for hydroxylation is 1. The number of anilines is 1. The highest BCUT2D eigenvalue weighted by atomic mass is 32.2. The Bertz CT molecular complexity index is 976. The molecule has 2 atom stereocenters. The average Bonchev–Trinajstić information content (AvgIpc) is 2.73. The number of amides is 1. The van der Waals surface area contributed by atoms with Gasteiger partial charge in [0.15, 0.2) is 0 Å². The maximum Gasteiger partial charge on any atom is 0.264 e. The number of carbonyl (C=O) groups is 1. The van der Waals surface area contributed by atoms with Crippen molar-refractivity contribution in [3.63, 3.8) is 0 Å². The molecule has 1 aliphatic carbocycles. The molecular formula is C22H28N2O4S. The summed E-state index contributed by atoms with van der Waals surface area (Å²) < 4.78 is 27.0. The summed E-state index contributed by atoms with van der Waals surface area (Å²) in [5, 5.41) is 10.2. The first-order valence-electron chi connectivity index (χ1n) is 9.83. The molecule has 0 bridgehead atoms. The molecule has 0 unspecified atom stereocenters. The Labute approximate surface area is 172 Å². The maximum atomic E-state index is 12.9. The molecule has 6 nitrogen and oxygen atoms in total. The second-order valence-electron chi connectivity index (χ2n) is 7.62. The van der Waals surface area contributed by atoms with Crippen LogP contribution in [-0.2, 0) is 10.0 Å². The van der Waals surface area contributed by atoms with Crippen LogP contribution < -0.4 is 4.31 Å². The first-order chi connectivity index (χ1) is 13.7. The molecule has 0 spiro atoms. The van der Waals surface area contributed by atoms with Crippen molar-refractivity contribution in [2.75, 3.05) is 18.4 Å². The number of likely N-dealkylation sites (N-methyl/N-ethyl adjacent to an activating group) is 1. The highest BCUT2D eigenvalue weighted by Gasteiger charge is 2.30. The van der Waals surface area contributed by atoms with Crippen LogP contribution in [0.1, 0.15) is 41.6 Å². The van der Waals surface area contributed by atoms with Gasteiger partial charge in [-0.25, -0.2) is 8.42 Å². The van der Waals surface area contributed by atoms with E-state index in [4.69, 9.17) is 0 Å². The predicted octanol–water partition coefficient (Wildman–Crippen LogP) is 3.20. The van der Waals surface area contributed by atoms with E-state index in [9.17, 15) is 18.3 Å². The van der Waals surface area contributed by atoms with Crippen molar-refractivity contribution in [1.29, 1.82) is 0 Å². The zero-order chi connectivity index (χ0) is 21.2. The fraction of sp³-hybridized carbons (Fsp3) is 0.409. The average molecular weight is 417 g/mol. The summed E-state index contributed by atoms with van der Waals surface area (Å²) in [5.74, 6) is -0.167. The molecule has 1 aliphatic rings. The number of hydrogen-bond acceptors (Lipinski definition) is 4. The number of aliphatic hydroxyl groups is 1. The van der Waals surface area contributed by atoms with Crippen molar-refractivity contribution in [1.82, 2.24) is 4.90 Å². The van der Waals surface area contributed by atoms with Crippen molar-refractivity contribution in [2.45, 2.75) is 49.6 Å². The number of rotatable bonds is 5. The normalized spacial score (nSPS) is 19.6. The van der Waals surface area contributed by atoms with E-state index >= 15 is 0 Å². The summed E-state index contributed by atoms with van der Waals surface area (Å²) in [4.78, 5) is 14.8. The van der Waals surface area contributed by atoms with Gasteiger partial charge in [-0.1, -0.05) is 31.0 Å². The molecule has 0 radical (unpaired) electrons. The zero-order valence-corrected chi connectivity index (χ0v) is 17.9. The molecule has 156 valence electrons. The van der Waals surface area contributed by atoms with E-state index in [-0.39, 0.29) is 16.8 Å². The Balaban J connectivity index is 1.84. The molecule has 7 heteroatoms. The maximum absolute atomic E-state index is 12.9. The second-order valence-corrected chi connectivity index (χ2v) is 9.59. The van der Waals surface area contributed by atoms with Crippen LogP contribution in [0.5, 0.6) is 0 Å². The molecule has 1 fully saturated rings. The summed E-state index contributed by atoms with van der Waals surface area (Å²) in [5.41, 5.74) is 1.69. The number of nitrogens with zero attached hydrogens (tertiary/aromatic N) is 2. The summed E-state index contributed by atoms with van der Waals surface area (Å²) in [6.45, 7) is 1.79. The molecule has 1 amide bonds. The van der Waals surface area contributed by atoms with Crippen molar-refractivity contribution in [3.05, 3.63) is 59.7 Å². The monoisotopic (exact) mass is 416 g/mol. The molecule has 0 saturated heterocycles. The number of aliphatic hydroxyl groups excluding tert-OH is 1. The van der Waals surface area contributed by atoms with Gasteiger partial charge >= 0.3 is 0 Å². The summed E-state index contributed by atoms with van der Waals surface area (Å²) in [6.07, 6.45) is 2.98. The Hall–Kier alpha value is -2.38. The third kappa shape index (κ3) is 4.31. The van der Waals surface area contributed by atoms with Gasteiger partial charge in [-0.05, 0) is 55.7 Å². The van der Waals surface area contributed by atoms with Crippen LogP contribution in [-0.4, -0.2) is 50.6 Å². The quantitative estimate of drug-likeness (QED) is 0.812. The smallest absolute Gasteiger partial charge is 0.264 e. The summed E-state index contributed by atoms with van der Waals surface area (Å²) in [6, 6.07) is 13.1. The zero-order valence-electron chi connectivity index (χ0n) is 17.1. The molecule has 29 heavy (non-hydrogen) atoms. The minimum atomic E-state index is -3.68. The Morgan fingerprint density at radius 2 is 1.69 bits per heavy atom. The molecule has 2 aromatic carbocycles. The van der Waals surface area contributed by atoms with Gasteiger partial charge in [-0.2, -0.15) is 0 Å². The van der Waals surface area contributed by atoms with Crippen molar-refractivity contribution in [2.24, 2.45) is 0 Å². The molecule has 0 aromatic heterocycles. The topological polar surface area (TPSA) is 77.9 Å².